The van der Waals surface area contributed by atoms with Crippen molar-refractivity contribution in [1.82, 2.24) is 29.9 Å². The van der Waals surface area contributed by atoms with Crippen LogP contribution in [-0.4, -0.2) is 86.7 Å². The van der Waals surface area contributed by atoms with E-state index in [9.17, 15) is 0 Å². The largest absolute Gasteiger partial charge is 0.382 e. The minimum absolute atomic E-state index is 0.282. The van der Waals surface area contributed by atoms with Gasteiger partial charge in [-0.3, -0.25) is 15.0 Å². The highest BCUT2D eigenvalue weighted by Crippen LogP contribution is 2.34. The van der Waals surface area contributed by atoms with Crippen LogP contribution in [-0.2, 0) is 0 Å². The number of nitrogens with zero attached hydrogens (tertiary/aromatic N) is 9. The van der Waals surface area contributed by atoms with E-state index in [4.69, 9.17) is 47.1 Å². The van der Waals surface area contributed by atoms with Gasteiger partial charge in [-0.1, -0.05) is 41.5 Å². The summed E-state index contributed by atoms with van der Waals surface area (Å²) < 4.78 is 0. The predicted molar refractivity (Wildman–Crippen MR) is 200 cm³/mol. The lowest BCUT2D eigenvalue weighted by Crippen LogP contribution is -2.22. The highest BCUT2D eigenvalue weighted by atomic mass is 15.1. The summed E-state index contributed by atoms with van der Waals surface area (Å²) in [5, 5.41) is 10.2. The second-order valence-electron chi connectivity index (χ2n) is 11.4. The normalized spacial score (nSPS) is 12.8. The van der Waals surface area contributed by atoms with Gasteiger partial charge in [-0.2, -0.15) is 0 Å². The number of hydrogen-bond acceptors (Lipinski definition) is 12. The summed E-state index contributed by atoms with van der Waals surface area (Å²) in [6.45, 7) is 16.0. The lowest BCUT2D eigenvalue weighted by molar-refractivity contribution is 0.927. The van der Waals surface area contributed by atoms with Crippen molar-refractivity contribution in [3.63, 3.8) is 0 Å². The van der Waals surface area contributed by atoms with Gasteiger partial charge in [0.1, 0.15) is 67.7 Å². The molecule has 4 aromatic rings. The van der Waals surface area contributed by atoms with E-state index in [2.05, 4.69) is 51.7 Å². The van der Waals surface area contributed by atoms with Crippen molar-refractivity contribution < 1.29 is 0 Å². The van der Waals surface area contributed by atoms with Gasteiger partial charge in [0.15, 0.2) is 17.5 Å². The Morgan fingerprint density at radius 1 is 0.417 bits per heavy atom. The molecule has 0 fully saturated rings. The van der Waals surface area contributed by atoms with E-state index >= 15 is 0 Å². The Morgan fingerprint density at radius 2 is 0.667 bits per heavy atom. The number of aliphatic imine (C=N–C) groups is 3. The van der Waals surface area contributed by atoms with Crippen molar-refractivity contribution in [2.24, 2.45) is 32.2 Å². The molecule has 0 unspecified atom stereocenters. The minimum Gasteiger partial charge on any atom is -0.382 e. The number of nitrogens with two attached hydrogens (primary N) is 3. The molecule has 1 aromatic carbocycles. The number of nitrogens with one attached hydrogen (secondary N) is 3. The number of rotatable bonds is 18. The molecule has 258 valence electrons. The zero-order valence-corrected chi connectivity index (χ0v) is 29.2. The summed E-state index contributed by atoms with van der Waals surface area (Å²) in [5.74, 6) is 2.34. The van der Waals surface area contributed by atoms with Gasteiger partial charge in [0.2, 0.25) is 0 Å². The van der Waals surface area contributed by atoms with E-state index in [1.54, 1.807) is 0 Å². The summed E-state index contributed by atoms with van der Waals surface area (Å²) in [4.78, 5) is 44.2. The van der Waals surface area contributed by atoms with Crippen LogP contribution in [0.2, 0.25) is 0 Å². The maximum absolute atomic E-state index is 6.54. The van der Waals surface area contributed by atoms with Crippen LogP contribution in [0.4, 0.5) is 17.5 Å². The highest BCUT2D eigenvalue weighted by Gasteiger charge is 2.25. The fraction of sp³-hybridized carbons (Fsp3) is 0.545. The summed E-state index contributed by atoms with van der Waals surface area (Å²) in [6.07, 6.45) is 5.11. The van der Waals surface area contributed by atoms with Crippen molar-refractivity contribution in [2.45, 2.75) is 80.1 Å². The van der Waals surface area contributed by atoms with Gasteiger partial charge in [-0.05, 0) is 38.5 Å². The Bertz CT molecular complexity index is 1570. The first-order chi connectivity index (χ1) is 23.3. The number of anilines is 3. The SMILES string of the molecule is CCCN=C(N)c1nc2c(nc1NCCC)c1nc(C(N)=NCCC)c(NCCC)nc1c1nc(C(N)=NCCC)c(NCCC)nc21. The van der Waals surface area contributed by atoms with Crippen LogP contribution >= 0.6 is 0 Å². The molecule has 0 spiro atoms. The third-order valence-corrected chi connectivity index (χ3v) is 7.23. The zero-order valence-electron chi connectivity index (χ0n) is 29.2. The van der Waals surface area contributed by atoms with E-state index in [1.165, 1.54) is 0 Å². The molecule has 3 aromatic heterocycles. The third-order valence-electron chi connectivity index (χ3n) is 7.23. The molecule has 0 aliphatic carbocycles. The molecule has 15 nitrogen and oxygen atoms in total. The maximum Gasteiger partial charge on any atom is 0.156 e. The second-order valence-corrected chi connectivity index (χ2v) is 11.4. The van der Waals surface area contributed by atoms with E-state index in [0.29, 0.717) is 107 Å². The molecule has 0 bridgehead atoms. The molecule has 0 atom stereocenters. The monoisotopic (exact) mass is 657 g/mol. The Kier molecular flexibility index (Phi) is 12.9. The smallest absolute Gasteiger partial charge is 0.156 e. The van der Waals surface area contributed by atoms with Gasteiger partial charge in [-0.15, -0.1) is 0 Å². The van der Waals surface area contributed by atoms with Crippen LogP contribution < -0.4 is 33.2 Å². The topological polar surface area (TPSA) is 229 Å². The number of fused-ring (bicyclic) bond motifs is 6. The van der Waals surface area contributed by atoms with Crippen LogP contribution in [0.25, 0.3) is 33.1 Å². The Morgan fingerprint density at radius 3 is 0.896 bits per heavy atom. The van der Waals surface area contributed by atoms with Gasteiger partial charge >= 0.3 is 0 Å². The summed E-state index contributed by atoms with van der Waals surface area (Å²) in [6, 6.07) is 0. The van der Waals surface area contributed by atoms with Crippen LogP contribution in [0.15, 0.2) is 15.0 Å². The first kappa shape index (κ1) is 35.9. The molecule has 3 heterocycles. The van der Waals surface area contributed by atoms with Gasteiger partial charge < -0.3 is 33.2 Å². The summed E-state index contributed by atoms with van der Waals surface area (Å²) >= 11 is 0. The lowest BCUT2D eigenvalue weighted by Gasteiger charge is -2.17. The molecule has 4 rings (SSSR count). The van der Waals surface area contributed by atoms with Crippen LogP contribution in [0.1, 0.15) is 97.1 Å². The second kappa shape index (κ2) is 17.3. The summed E-state index contributed by atoms with van der Waals surface area (Å²) in [5.41, 5.74) is 23.7. The van der Waals surface area contributed by atoms with Crippen molar-refractivity contribution in [1.29, 1.82) is 0 Å². The van der Waals surface area contributed by atoms with Crippen molar-refractivity contribution in [2.75, 3.05) is 55.2 Å². The number of aromatic nitrogens is 6. The molecule has 48 heavy (non-hydrogen) atoms. The van der Waals surface area contributed by atoms with E-state index in [-0.39, 0.29) is 17.5 Å². The van der Waals surface area contributed by atoms with Crippen LogP contribution in [0.5, 0.6) is 0 Å². The van der Waals surface area contributed by atoms with E-state index < -0.39 is 0 Å². The molecule has 15 heteroatoms. The standard InChI is InChI=1S/C33H51N15/c1-7-13-37-28(34)25-31(40-16-10-4)46-22-19(43-25)23-21(45-26(29(35)38-14-8-2)32(47-23)41-17-11-5)24-20(22)44-27(30(36)39-15-9-3)33(48-24)42-18-12-6/h7-18H2,1-6H3,(H2,34,37)(H2,35,38)(H2,36,39)(H,40,46)(H,41,47)(H,42,48). The zero-order chi connectivity index (χ0) is 34.6. The van der Waals surface area contributed by atoms with Crippen molar-refractivity contribution in [3.8, 4) is 0 Å². The maximum atomic E-state index is 6.54. The van der Waals surface area contributed by atoms with Crippen LogP contribution in [0, 0.1) is 0 Å². The minimum atomic E-state index is 0.282. The molecular weight excluding hydrogens is 606 g/mol. The fourth-order valence-electron chi connectivity index (χ4n) is 4.85. The third kappa shape index (κ3) is 7.94. The van der Waals surface area contributed by atoms with Gasteiger partial charge in [-0.25, -0.2) is 29.9 Å². The molecule has 0 aliphatic rings. The molecule has 0 saturated heterocycles. The molecule has 0 amide bonds. The molecular formula is C33H51N15. The van der Waals surface area contributed by atoms with Crippen LogP contribution in [0.3, 0.4) is 0 Å². The van der Waals surface area contributed by atoms with Gasteiger partial charge in [0, 0.05) is 39.3 Å². The van der Waals surface area contributed by atoms with Gasteiger partial charge in [0.05, 0.1) is 0 Å². The molecule has 0 radical (unpaired) electrons. The number of hydrogen-bond donors (Lipinski definition) is 6. The average molecular weight is 658 g/mol. The van der Waals surface area contributed by atoms with E-state index in [0.717, 1.165) is 38.5 Å². The first-order valence-corrected chi connectivity index (χ1v) is 17.2. The lowest BCUT2D eigenvalue weighted by atomic mass is 10.1. The van der Waals surface area contributed by atoms with E-state index in [1.807, 2.05) is 20.8 Å². The quantitative estimate of drug-likeness (QED) is 0.0499. The highest BCUT2D eigenvalue weighted by molar-refractivity contribution is 6.21. The predicted octanol–water partition coefficient (Wildman–Crippen LogP) is 4.33. The Hall–Kier alpha value is -4.95. The number of amidine groups is 3. The number of benzene rings is 1. The average Bonchev–Trinajstić information content (AvgIpc) is 3.11. The van der Waals surface area contributed by atoms with Crippen molar-refractivity contribution >= 4 is 68.1 Å². The fourth-order valence-corrected chi connectivity index (χ4v) is 4.85. The Balaban J connectivity index is 2.25. The Labute approximate surface area is 282 Å². The molecule has 0 saturated carbocycles. The molecule has 9 N–H and O–H groups in total. The van der Waals surface area contributed by atoms with Gasteiger partial charge in [0.25, 0.3) is 0 Å². The molecule has 0 aliphatic heterocycles. The first-order valence-electron chi connectivity index (χ1n) is 17.2. The van der Waals surface area contributed by atoms with Crippen molar-refractivity contribution in [3.05, 3.63) is 17.1 Å². The summed E-state index contributed by atoms with van der Waals surface area (Å²) in [7, 11) is 0.